The fourth-order valence-electron chi connectivity index (χ4n) is 2.80. The molecule has 0 radical (unpaired) electrons. The molecule has 0 fully saturated rings. The van der Waals surface area contributed by atoms with Crippen LogP contribution in [0.25, 0.3) is 0 Å². The van der Waals surface area contributed by atoms with Crippen LogP contribution in [-0.4, -0.2) is 30.8 Å². The number of aliphatic carboxylic acids is 1. The van der Waals surface area contributed by atoms with Gasteiger partial charge in [0.1, 0.15) is 17.0 Å². The Kier molecular flexibility index (Phi) is 7.36. The molecule has 0 amide bonds. The van der Waals surface area contributed by atoms with Gasteiger partial charge in [-0.2, -0.15) is 0 Å². The number of ether oxygens (including phenoxy) is 2. The van der Waals surface area contributed by atoms with Gasteiger partial charge < -0.3 is 20.3 Å². The highest BCUT2D eigenvalue weighted by molar-refractivity contribution is 5.77. The van der Waals surface area contributed by atoms with Gasteiger partial charge in [0.15, 0.2) is 0 Å². The van der Waals surface area contributed by atoms with E-state index in [0.717, 1.165) is 42.7 Å². The second-order valence-corrected chi connectivity index (χ2v) is 6.27. The first-order chi connectivity index (χ1) is 10.8. The summed E-state index contributed by atoms with van der Waals surface area (Å²) in [5.41, 5.74) is 5.81. The van der Waals surface area contributed by atoms with Gasteiger partial charge in [0, 0.05) is 0 Å². The van der Waals surface area contributed by atoms with Gasteiger partial charge in [-0.15, -0.1) is 0 Å². The molecule has 1 aromatic carbocycles. The average Bonchev–Trinajstić information content (AvgIpc) is 2.53. The summed E-state index contributed by atoms with van der Waals surface area (Å²) in [7, 11) is 3.31. The highest BCUT2D eigenvalue weighted by Crippen LogP contribution is 2.28. The number of hydrogen-bond donors (Lipinski definition) is 2. The van der Waals surface area contributed by atoms with Crippen molar-refractivity contribution in [1.82, 2.24) is 0 Å². The lowest BCUT2D eigenvalue weighted by atomic mass is 9.85. The Hall–Kier alpha value is -1.75. The van der Waals surface area contributed by atoms with Gasteiger partial charge in [0.25, 0.3) is 0 Å². The molecule has 0 aliphatic rings. The Labute approximate surface area is 138 Å². The summed E-state index contributed by atoms with van der Waals surface area (Å²) in [6, 6.07) is 5.78. The number of carboxylic acids is 1. The third-order valence-corrected chi connectivity index (χ3v) is 4.32. The van der Waals surface area contributed by atoms with Gasteiger partial charge in [-0.1, -0.05) is 19.8 Å². The molecule has 0 heterocycles. The zero-order valence-corrected chi connectivity index (χ0v) is 14.6. The highest BCUT2D eigenvalue weighted by Gasteiger charge is 2.30. The number of nitrogens with two attached hydrogens (primary N) is 1. The van der Waals surface area contributed by atoms with E-state index >= 15 is 0 Å². The molecule has 0 saturated heterocycles. The summed E-state index contributed by atoms with van der Waals surface area (Å²) in [4.78, 5) is 11.2. The van der Waals surface area contributed by atoms with Crippen LogP contribution >= 0.6 is 0 Å². The van der Waals surface area contributed by atoms with Crippen LogP contribution in [0.15, 0.2) is 18.2 Å². The third-order valence-electron chi connectivity index (χ3n) is 4.32. The minimum absolute atomic E-state index is 0.303. The number of aryl methyl sites for hydroxylation is 1. The van der Waals surface area contributed by atoms with E-state index in [1.54, 1.807) is 21.1 Å². The molecule has 0 aromatic heterocycles. The van der Waals surface area contributed by atoms with Gasteiger partial charge in [0.2, 0.25) is 0 Å². The van der Waals surface area contributed by atoms with Crippen molar-refractivity contribution < 1.29 is 19.4 Å². The fourth-order valence-corrected chi connectivity index (χ4v) is 2.80. The van der Waals surface area contributed by atoms with Crippen molar-refractivity contribution in [3.05, 3.63) is 23.8 Å². The van der Waals surface area contributed by atoms with E-state index in [-0.39, 0.29) is 0 Å². The lowest BCUT2D eigenvalue weighted by molar-refractivity contribution is -0.143. The average molecular weight is 323 g/mol. The van der Waals surface area contributed by atoms with Crippen LogP contribution < -0.4 is 15.2 Å². The molecule has 5 nitrogen and oxygen atoms in total. The number of hydrogen-bond acceptors (Lipinski definition) is 4. The molecule has 0 saturated carbocycles. The Morgan fingerprint density at radius 1 is 1.35 bits per heavy atom. The van der Waals surface area contributed by atoms with E-state index in [4.69, 9.17) is 20.3 Å². The number of methoxy groups -OCH3 is 2. The van der Waals surface area contributed by atoms with E-state index < -0.39 is 11.5 Å². The molecular formula is C18H29NO4. The second kappa shape index (κ2) is 8.77. The third kappa shape index (κ3) is 5.75. The maximum atomic E-state index is 11.2. The Bertz CT molecular complexity index is 514. The van der Waals surface area contributed by atoms with Crippen molar-refractivity contribution in [2.24, 2.45) is 11.7 Å². The molecule has 23 heavy (non-hydrogen) atoms. The minimum atomic E-state index is -1.16. The predicted octanol–water partition coefficient (Wildman–Crippen LogP) is 3.24. The van der Waals surface area contributed by atoms with E-state index in [0.29, 0.717) is 12.3 Å². The number of carbonyl (C=O) groups is 1. The van der Waals surface area contributed by atoms with Gasteiger partial charge in [-0.25, -0.2) is 0 Å². The Morgan fingerprint density at radius 2 is 2.04 bits per heavy atom. The van der Waals surface area contributed by atoms with E-state index in [1.807, 2.05) is 18.2 Å². The smallest absolute Gasteiger partial charge is 0.323 e. The summed E-state index contributed by atoms with van der Waals surface area (Å²) >= 11 is 0. The van der Waals surface area contributed by atoms with Gasteiger partial charge in [0.05, 0.1) is 14.2 Å². The minimum Gasteiger partial charge on any atom is -0.497 e. The molecule has 3 N–H and O–H groups in total. The normalized spacial score (nSPS) is 14.8. The van der Waals surface area contributed by atoms with E-state index in [9.17, 15) is 4.79 Å². The molecule has 0 bridgehead atoms. The van der Waals surface area contributed by atoms with Crippen molar-refractivity contribution in [2.45, 2.75) is 51.5 Å². The summed E-state index contributed by atoms with van der Waals surface area (Å²) in [6.07, 6.45) is 4.18. The largest absolute Gasteiger partial charge is 0.497 e. The van der Waals surface area contributed by atoms with Crippen LogP contribution in [0, 0.1) is 5.92 Å². The van der Waals surface area contributed by atoms with Crippen molar-refractivity contribution in [2.75, 3.05) is 14.2 Å². The van der Waals surface area contributed by atoms with Crippen LogP contribution in [-0.2, 0) is 11.2 Å². The Morgan fingerprint density at radius 3 is 2.57 bits per heavy atom. The van der Waals surface area contributed by atoms with Crippen molar-refractivity contribution in [1.29, 1.82) is 0 Å². The molecule has 5 heteroatoms. The standard InChI is InChI=1S/C18H29NO4/c1-5-13(12-18(2,19)17(20)21)7-6-8-14-11-15(22-3)9-10-16(14)23-4/h9-11,13H,5-8,12,19H2,1-4H3,(H,20,21). The first kappa shape index (κ1) is 19.3. The van der Waals surface area contributed by atoms with E-state index in [2.05, 4.69) is 6.92 Å². The fraction of sp³-hybridized carbons (Fsp3) is 0.611. The molecule has 2 unspecified atom stereocenters. The molecule has 130 valence electrons. The van der Waals surface area contributed by atoms with Crippen molar-refractivity contribution >= 4 is 5.97 Å². The molecule has 0 spiro atoms. The maximum absolute atomic E-state index is 11.2. The molecule has 1 rings (SSSR count). The summed E-state index contributed by atoms with van der Waals surface area (Å²) < 4.78 is 10.6. The van der Waals surface area contributed by atoms with Crippen LogP contribution in [0.2, 0.25) is 0 Å². The monoisotopic (exact) mass is 323 g/mol. The summed E-state index contributed by atoms with van der Waals surface area (Å²) in [5.74, 6) is 1.03. The van der Waals surface area contributed by atoms with Gasteiger partial charge >= 0.3 is 5.97 Å². The molecule has 0 aliphatic heterocycles. The van der Waals surface area contributed by atoms with E-state index in [1.165, 1.54) is 0 Å². The highest BCUT2D eigenvalue weighted by atomic mass is 16.5. The lowest BCUT2D eigenvalue weighted by Crippen LogP contribution is -2.46. The first-order valence-corrected chi connectivity index (χ1v) is 8.07. The molecule has 1 aromatic rings. The second-order valence-electron chi connectivity index (χ2n) is 6.27. The topological polar surface area (TPSA) is 81.8 Å². The van der Waals surface area contributed by atoms with Gasteiger partial charge in [-0.3, -0.25) is 4.79 Å². The van der Waals surface area contributed by atoms with Gasteiger partial charge in [-0.05, 0) is 55.9 Å². The quantitative estimate of drug-likeness (QED) is 0.691. The van der Waals surface area contributed by atoms with Crippen LogP contribution in [0.3, 0.4) is 0 Å². The zero-order chi connectivity index (χ0) is 17.5. The molecule has 0 aliphatic carbocycles. The number of carboxylic acid groups (broad SMARTS) is 1. The zero-order valence-electron chi connectivity index (χ0n) is 14.6. The summed E-state index contributed by atoms with van der Waals surface area (Å²) in [5, 5.41) is 9.16. The summed E-state index contributed by atoms with van der Waals surface area (Å²) in [6.45, 7) is 3.66. The predicted molar refractivity (Wildman–Crippen MR) is 91.1 cm³/mol. The van der Waals surface area contributed by atoms with Crippen molar-refractivity contribution in [3.63, 3.8) is 0 Å². The maximum Gasteiger partial charge on any atom is 0.323 e. The number of rotatable bonds is 10. The molecule has 2 atom stereocenters. The van der Waals surface area contributed by atoms with Crippen LogP contribution in [0.4, 0.5) is 0 Å². The first-order valence-electron chi connectivity index (χ1n) is 8.07. The molecular weight excluding hydrogens is 294 g/mol. The lowest BCUT2D eigenvalue weighted by Gasteiger charge is -2.25. The van der Waals surface area contributed by atoms with Crippen LogP contribution in [0.5, 0.6) is 11.5 Å². The SMILES string of the molecule is CCC(CCCc1cc(OC)ccc1OC)CC(C)(N)C(=O)O. The number of benzene rings is 1. The Balaban J connectivity index is 2.62. The van der Waals surface area contributed by atoms with Crippen molar-refractivity contribution in [3.8, 4) is 11.5 Å². The van der Waals surface area contributed by atoms with Crippen LogP contribution in [0.1, 0.15) is 45.1 Å².